The van der Waals surface area contributed by atoms with Crippen molar-refractivity contribution in [3.8, 4) is 0 Å². The lowest BCUT2D eigenvalue weighted by Gasteiger charge is -2.23. The number of pyridine rings is 1. The van der Waals surface area contributed by atoms with Crippen molar-refractivity contribution in [2.75, 3.05) is 44.8 Å². The number of carbonyl (C=O) groups excluding carboxylic acids is 1. The first-order chi connectivity index (χ1) is 14.7. The van der Waals surface area contributed by atoms with Crippen molar-refractivity contribution >= 4 is 11.9 Å². The number of hydrogen-bond acceptors (Lipinski definition) is 7. The van der Waals surface area contributed by atoms with E-state index in [1.54, 1.807) is 12.4 Å². The second-order valence-corrected chi connectivity index (χ2v) is 8.20. The van der Waals surface area contributed by atoms with Gasteiger partial charge in [0, 0.05) is 69.1 Å². The average molecular weight is 411 g/mol. The van der Waals surface area contributed by atoms with Gasteiger partial charge >= 0.3 is 0 Å². The molecule has 0 aromatic carbocycles. The van der Waals surface area contributed by atoms with Crippen LogP contribution in [0, 0.1) is 0 Å². The molecule has 8 heteroatoms. The number of rotatable bonds is 7. The first-order valence-corrected chi connectivity index (χ1v) is 10.7. The van der Waals surface area contributed by atoms with Crippen molar-refractivity contribution in [1.29, 1.82) is 0 Å². The highest BCUT2D eigenvalue weighted by molar-refractivity contribution is 5.78. The normalized spacial score (nSPS) is 19.9. The van der Waals surface area contributed by atoms with Crippen molar-refractivity contribution in [3.05, 3.63) is 48.0 Å². The van der Waals surface area contributed by atoms with Gasteiger partial charge in [0.05, 0.1) is 6.54 Å². The Hall–Kier alpha value is -2.58. The smallest absolute Gasteiger partial charge is 0.234 e. The molecule has 4 heterocycles. The molecular weight excluding hydrogens is 380 g/mol. The number of ether oxygens (including phenoxy) is 1. The summed E-state index contributed by atoms with van der Waals surface area (Å²) in [5, 5.41) is 3.17. The Morgan fingerprint density at radius 2 is 2.00 bits per heavy atom. The van der Waals surface area contributed by atoms with Crippen LogP contribution in [0.5, 0.6) is 0 Å². The zero-order chi connectivity index (χ0) is 20.8. The lowest BCUT2D eigenvalue weighted by Crippen LogP contribution is -2.42. The maximum Gasteiger partial charge on any atom is 0.234 e. The molecule has 1 unspecified atom stereocenters. The molecule has 160 valence electrons. The van der Waals surface area contributed by atoms with E-state index in [0.29, 0.717) is 12.5 Å². The maximum absolute atomic E-state index is 12.5. The molecule has 2 aliphatic rings. The summed E-state index contributed by atoms with van der Waals surface area (Å²) in [4.78, 5) is 30.0. The molecule has 2 aromatic heterocycles. The van der Waals surface area contributed by atoms with Crippen molar-refractivity contribution in [2.45, 2.75) is 37.8 Å². The quantitative estimate of drug-likeness (QED) is 0.742. The Kier molecular flexibility index (Phi) is 6.86. The summed E-state index contributed by atoms with van der Waals surface area (Å²) in [5.41, 5.74) is 2.25. The fourth-order valence-corrected chi connectivity index (χ4v) is 4.17. The number of aromatic nitrogens is 3. The van der Waals surface area contributed by atoms with E-state index in [4.69, 9.17) is 9.72 Å². The molecule has 2 aromatic rings. The number of anilines is 1. The second-order valence-electron chi connectivity index (χ2n) is 8.20. The van der Waals surface area contributed by atoms with Gasteiger partial charge in [0.1, 0.15) is 0 Å². The minimum atomic E-state index is 0.0512. The number of nitrogens with zero attached hydrogens (tertiary/aromatic N) is 5. The molecule has 0 saturated carbocycles. The molecular formula is C22H30N6O2. The molecule has 2 aliphatic heterocycles. The molecule has 1 amide bonds. The summed E-state index contributed by atoms with van der Waals surface area (Å²) in [6.07, 6.45) is 8.34. The minimum absolute atomic E-state index is 0.0512. The van der Waals surface area contributed by atoms with Gasteiger partial charge in [0.2, 0.25) is 11.9 Å². The molecule has 30 heavy (non-hydrogen) atoms. The first-order valence-electron chi connectivity index (χ1n) is 10.7. The van der Waals surface area contributed by atoms with Crippen molar-refractivity contribution < 1.29 is 9.53 Å². The summed E-state index contributed by atoms with van der Waals surface area (Å²) in [5.74, 6) is 1.27. The topological polar surface area (TPSA) is 83.5 Å². The molecule has 4 rings (SSSR count). The highest BCUT2D eigenvalue weighted by atomic mass is 16.5. The van der Waals surface area contributed by atoms with Crippen LogP contribution in [0.4, 0.5) is 5.95 Å². The van der Waals surface area contributed by atoms with E-state index < -0.39 is 0 Å². The van der Waals surface area contributed by atoms with E-state index in [1.807, 2.05) is 36.3 Å². The minimum Gasteiger partial charge on any atom is -0.381 e. The Morgan fingerprint density at radius 3 is 2.80 bits per heavy atom. The predicted molar refractivity (Wildman–Crippen MR) is 114 cm³/mol. The zero-order valence-electron chi connectivity index (χ0n) is 17.5. The lowest BCUT2D eigenvalue weighted by molar-refractivity contribution is -0.122. The van der Waals surface area contributed by atoms with E-state index in [2.05, 4.69) is 20.2 Å². The summed E-state index contributed by atoms with van der Waals surface area (Å²) < 4.78 is 5.46. The highest BCUT2D eigenvalue weighted by Gasteiger charge is 2.27. The Balaban J connectivity index is 1.26. The van der Waals surface area contributed by atoms with E-state index in [-0.39, 0.29) is 11.9 Å². The Morgan fingerprint density at radius 1 is 1.20 bits per heavy atom. The monoisotopic (exact) mass is 410 g/mol. The fourth-order valence-electron chi connectivity index (χ4n) is 4.17. The number of amides is 1. The van der Waals surface area contributed by atoms with Crippen molar-refractivity contribution in [1.82, 2.24) is 25.2 Å². The van der Waals surface area contributed by atoms with Gasteiger partial charge in [-0.1, -0.05) is 0 Å². The molecule has 0 bridgehead atoms. The molecule has 2 saturated heterocycles. The molecule has 0 spiro atoms. The van der Waals surface area contributed by atoms with E-state index in [9.17, 15) is 4.79 Å². The molecule has 1 atom stereocenters. The summed E-state index contributed by atoms with van der Waals surface area (Å²) in [7, 11) is 1.95. The molecule has 0 radical (unpaired) electrons. The Bertz CT molecular complexity index is 827. The summed E-state index contributed by atoms with van der Waals surface area (Å²) in [6.45, 7) is 4.30. The lowest BCUT2D eigenvalue weighted by atomic mass is 9.96. The van der Waals surface area contributed by atoms with Gasteiger partial charge in [-0.15, -0.1) is 0 Å². The highest BCUT2D eigenvalue weighted by Crippen LogP contribution is 2.26. The third kappa shape index (κ3) is 5.52. The van der Waals surface area contributed by atoms with Crippen LogP contribution in [-0.2, 0) is 16.1 Å². The van der Waals surface area contributed by atoms with Crippen LogP contribution >= 0.6 is 0 Å². The number of carbonyl (C=O) groups is 1. The summed E-state index contributed by atoms with van der Waals surface area (Å²) >= 11 is 0. The largest absolute Gasteiger partial charge is 0.381 e. The van der Waals surface area contributed by atoms with Crippen LogP contribution in [0.1, 0.15) is 36.4 Å². The standard InChI is InChI=1S/C22H30N6O2/c1-27(14-17-2-8-23-9-3-17)16-21(29)25-19-5-11-28(15-19)22-24-10-4-20(26-22)18-6-12-30-13-7-18/h2-4,8-10,18-19H,5-7,11-16H2,1H3,(H,25,29). The maximum atomic E-state index is 12.5. The fraction of sp³-hybridized carbons (Fsp3) is 0.545. The molecule has 0 aliphatic carbocycles. The van der Waals surface area contributed by atoms with Gasteiger partial charge in [-0.05, 0) is 50.1 Å². The van der Waals surface area contributed by atoms with Gasteiger partial charge in [0.25, 0.3) is 0 Å². The third-order valence-corrected chi connectivity index (χ3v) is 5.76. The van der Waals surface area contributed by atoms with Crippen molar-refractivity contribution in [3.63, 3.8) is 0 Å². The molecule has 2 fully saturated rings. The van der Waals surface area contributed by atoms with E-state index in [1.165, 1.54) is 0 Å². The van der Waals surface area contributed by atoms with Crippen LogP contribution in [-0.4, -0.2) is 71.7 Å². The van der Waals surface area contributed by atoms with E-state index in [0.717, 1.165) is 69.3 Å². The number of likely N-dealkylation sites (N-methyl/N-ethyl adjacent to an activating group) is 1. The van der Waals surface area contributed by atoms with Gasteiger partial charge in [-0.25, -0.2) is 9.97 Å². The SMILES string of the molecule is CN(CC(=O)NC1CCN(c2nccc(C3CCOCC3)n2)C1)Cc1ccncc1. The van der Waals surface area contributed by atoms with Crippen LogP contribution < -0.4 is 10.2 Å². The molecule has 8 nitrogen and oxygen atoms in total. The van der Waals surface area contributed by atoms with Gasteiger partial charge < -0.3 is 15.0 Å². The van der Waals surface area contributed by atoms with Crippen LogP contribution in [0.25, 0.3) is 0 Å². The van der Waals surface area contributed by atoms with Crippen LogP contribution in [0.3, 0.4) is 0 Å². The number of nitrogens with one attached hydrogen (secondary N) is 1. The predicted octanol–water partition coefficient (Wildman–Crippen LogP) is 1.59. The Labute approximate surface area is 177 Å². The van der Waals surface area contributed by atoms with Gasteiger partial charge in [-0.2, -0.15) is 0 Å². The number of hydrogen-bond donors (Lipinski definition) is 1. The third-order valence-electron chi connectivity index (χ3n) is 5.76. The van der Waals surface area contributed by atoms with Crippen molar-refractivity contribution in [2.24, 2.45) is 0 Å². The van der Waals surface area contributed by atoms with E-state index >= 15 is 0 Å². The molecule has 1 N–H and O–H groups in total. The first kappa shape index (κ1) is 20.7. The van der Waals surface area contributed by atoms with Crippen LogP contribution in [0.15, 0.2) is 36.8 Å². The van der Waals surface area contributed by atoms with Crippen LogP contribution in [0.2, 0.25) is 0 Å². The van der Waals surface area contributed by atoms with Gasteiger partial charge in [0.15, 0.2) is 0 Å². The average Bonchev–Trinajstić information content (AvgIpc) is 3.23. The van der Waals surface area contributed by atoms with Gasteiger partial charge in [-0.3, -0.25) is 14.7 Å². The second kappa shape index (κ2) is 9.95. The zero-order valence-corrected chi connectivity index (χ0v) is 17.5. The summed E-state index contributed by atoms with van der Waals surface area (Å²) in [6, 6.07) is 6.09.